The number of halogens is 1. The van der Waals surface area contributed by atoms with Crippen LogP contribution >= 0.6 is 11.6 Å². The zero-order chi connectivity index (χ0) is 10.1. The van der Waals surface area contributed by atoms with E-state index in [4.69, 9.17) is 22.1 Å². The number of rotatable bonds is 0. The molecule has 5 heteroatoms. The van der Waals surface area contributed by atoms with Crippen LogP contribution in [0.5, 0.6) is 5.75 Å². The number of ether oxygens (including phenoxy) is 1. The fraction of sp³-hybridized carbons (Fsp3) is 0.222. The standard InChI is InChI=1S/C9H9ClN2O2/c10-5-2-1-3-7-8(5)12-9(13)6(11)4-14-7/h1-3,6H,4,11H2,(H,12,13)/t6-/m0/s1. The summed E-state index contributed by atoms with van der Waals surface area (Å²) in [5.74, 6) is 0.274. The summed E-state index contributed by atoms with van der Waals surface area (Å²) in [6.45, 7) is 0.166. The zero-order valence-electron chi connectivity index (χ0n) is 7.29. The van der Waals surface area contributed by atoms with Gasteiger partial charge in [-0.3, -0.25) is 4.79 Å². The maximum atomic E-state index is 11.4. The number of benzene rings is 1. The van der Waals surface area contributed by atoms with Crippen molar-refractivity contribution in [2.45, 2.75) is 6.04 Å². The molecule has 1 aromatic rings. The lowest BCUT2D eigenvalue weighted by Crippen LogP contribution is -2.38. The van der Waals surface area contributed by atoms with Crippen LogP contribution in [0.2, 0.25) is 5.02 Å². The summed E-state index contributed by atoms with van der Waals surface area (Å²) < 4.78 is 5.32. The fourth-order valence-electron chi connectivity index (χ4n) is 1.22. The second-order valence-electron chi connectivity index (χ2n) is 3.02. The van der Waals surface area contributed by atoms with Crippen LogP contribution in [0.25, 0.3) is 0 Å². The first-order chi connectivity index (χ1) is 6.68. The molecule has 1 aliphatic rings. The summed E-state index contributed by atoms with van der Waals surface area (Å²) in [7, 11) is 0. The molecule has 0 fully saturated rings. The van der Waals surface area contributed by atoms with Crippen molar-refractivity contribution in [3.8, 4) is 5.75 Å². The van der Waals surface area contributed by atoms with Crippen molar-refractivity contribution in [3.05, 3.63) is 23.2 Å². The summed E-state index contributed by atoms with van der Waals surface area (Å²) in [6.07, 6.45) is 0. The van der Waals surface area contributed by atoms with Gasteiger partial charge < -0.3 is 15.8 Å². The number of carbonyl (C=O) groups excluding carboxylic acids is 1. The van der Waals surface area contributed by atoms with Crippen LogP contribution in [0.15, 0.2) is 18.2 Å². The number of carbonyl (C=O) groups is 1. The van der Waals surface area contributed by atoms with Gasteiger partial charge in [-0.2, -0.15) is 0 Å². The molecule has 1 aliphatic heterocycles. The number of hydrogen-bond acceptors (Lipinski definition) is 3. The number of nitrogens with one attached hydrogen (secondary N) is 1. The van der Waals surface area contributed by atoms with Crippen LogP contribution in [0, 0.1) is 0 Å². The normalized spacial score (nSPS) is 20.4. The minimum Gasteiger partial charge on any atom is -0.489 e. The van der Waals surface area contributed by atoms with E-state index < -0.39 is 6.04 Å². The van der Waals surface area contributed by atoms with Gasteiger partial charge >= 0.3 is 0 Å². The van der Waals surface area contributed by atoms with Gasteiger partial charge in [0.25, 0.3) is 0 Å². The van der Waals surface area contributed by atoms with E-state index in [1.165, 1.54) is 0 Å². The van der Waals surface area contributed by atoms with E-state index in [1.807, 2.05) is 0 Å². The van der Waals surface area contributed by atoms with Gasteiger partial charge in [0.05, 0.1) is 5.02 Å². The van der Waals surface area contributed by atoms with Crippen LogP contribution in [-0.2, 0) is 4.79 Å². The number of hydrogen-bond donors (Lipinski definition) is 2. The summed E-state index contributed by atoms with van der Waals surface area (Å²) in [5.41, 5.74) is 6.02. The summed E-state index contributed by atoms with van der Waals surface area (Å²) in [5, 5.41) is 3.07. The Balaban J connectivity index is 2.43. The Hall–Kier alpha value is -1.26. The van der Waals surface area contributed by atoms with Gasteiger partial charge in [0, 0.05) is 0 Å². The largest absolute Gasteiger partial charge is 0.489 e. The molecule has 74 valence electrons. The van der Waals surface area contributed by atoms with E-state index in [2.05, 4.69) is 5.32 Å². The third kappa shape index (κ3) is 1.54. The third-order valence-electron chi connectivity index (χ3n) is 1.98. The average molecular weight is 213 g/mol. The molecular formula is C9H9ClN2O2. The van der Waals surface area contributed by atoms with Crippen molar-refractivity contribution in [2.75, 3.05) is 11.9 Å². The van der Waals surface area contributed by atoms with Gasteiger partial charge in [0.15, 0.2) is 0 Å². The van der Waals surface area contributed by atoms with Crippen molar-refractivity contribution >= 4 is 23.2 Å². The van der Waals surface area contributed by atoms with Crippen molar-refractivity contribution in [1.82, 2.24) is 0 Å². The lowest BCUT2D eigenvalue weighted by molar-refractivity contribution is -0.117. The molecule has 3 N–H and O–H groups in total. The van der Waals surface area contributed by atoms with E-state index >= 15 is 0 Å². The topological polar surface area (TPSA) is 64.3 Å². The van der Waals surface area contributed by atoms with Crippen LogP contribution in [-0.4, -0.2) is 18.6 Å². The zero-order valence-corrected chi connectivity index (χ0v) is 8.04. The Kier molecular flexibility index (Phi) is 2.31. The minimum absolute atomic E-state index is 0.166. The van der Waals surface area contributed by atoms with Gasteiger partial charge in [-0.1, -0.05) is 17.7 Å². The van der Waals surface area contributed by atoms with Gasteiger partial charge in [-0.05, 0) is 12.1 Å². The van der Waals surface area contributed by atoms with Gasteiger partial charge in [0.1, 0.15) is 24.1 Å². The Morgan fingerprint density at radius 3 is 3.14 bits per heavy atom. The van der Waals surface area contributed by atoms with E-state index in [-0.39, 0.29) is 12.5 Å². The molecule has 0 saturated heterocycles. The van der Waals surface area contributed by atoms with Crippen LogP contribution in [0.1, 0.15) is 0 Å². The predicted octanol–water partition coefficient (Wildman–Crippen LogP) is 0.998. The SMILES string of the molecule is N[C@H]1COc2cccc(Cl)c2NC1=O. The smallest absolute Gasteiger partial charge is 0.244 e. The maximum Gasteiger partial charge on any atom is 0.244 e. The van der Waals surface area contributed by atoms with Gasteiger partial charge in [0.2, 0.25) is 5.91 Å². The molecule has 1 heterocycles. The lowest BCUT2D eigenvalue weighted by Gasteiger charge is -2.07. The highest BCUT2D eigenvalue weighted by atomic mass is 35.5. The van der Waals surface area contributed by atoms with E-state index in [0.29, 0.717) is 16.5 Å². The van der Waals surface area contributed by atoms with Crippen molar-refractivity contribution in [1.29, 1.82) is 0 Å². The van der Waals surface area contributed by atoms with Gasteiger partial charge in [-0.15, -0.1) is 0 Å². The first kappa shape index (κ1) is 9.30. The molecule has 14 heavy (non-hydrogen) atoms. The maximum absolute atomic E-state index is 11.4. The number of para-hydroxylation sites is 1. The second-order valence-corrected chi connectivity index (χ2v) is 3.43. The Morgan fingerprint density at radius 1 is 1.57 bits per heavy atom. The number of anilines is 1. The molecule has 0 bridgehead atoms. The molecule has 4 nitrogen and oxygen atoms in total. The van der Waals surface area contributed by atoms with E-state index in [0.717, 1.165) is 0 Å². The Bertz CT molecular complexity index is 381. The van der Waals surface area contributed by atoms with E-state index in [1.54, 1.807) is 18.2 Å². The van der Waals surface area contributed by atoms with Gasteiger partial charge in [-0.25, -0.2) is 0 Å². The molecule has 1 atom stereocenters. The molecule has 0 radical (unpaired) electrons. The highest BCUT2D eigenvalue weighted by Gasteiger charge is 2.22. The van der Waals surface area contributed by atoms with Crippen molar-refractivity contribution < 1.29 is 9.53 Å². The summed E-state index contributed by atoms with van der Waals surface area (Å²) in [4.78, 5) is 11.4. The molecule has 0 spiro atoms. The van der Waals surface area contributed by atoms with Crippen LogP contribution in [0.4, 0.5) is 5.69 Å². The monoisotopic (exact) mass is 212 g/mol. The van der Waals surface area contributed by atoms with Crippen molar-refractivity contribution in [2.24, 2.45) is 5.73 Å². The van der Waals surface area contributed by atoms with Crippen LogP contribution in [0.3, 0.4) is 0 Å². The first-order valence-corrected chi connectivity index (χ1v) is 4.54. The molecule has 0 aromatic heterocycles. The Labute approximate surface area is 86.0 Å². The highest BCUT2D eigenvalue weighted by Crippen LogP contribution is 2.33. The highest BCUT2D eigenvalue weighted by molar-refractivity contribution is 6.34. The Morgan fingerprint density at radius 2 is 2.36 bits per heavy atom. The molecule has 1 amide bonds. The molecule has 1 aromatic carbocycles. The van der Waals surface area contributed by atoms with E-state index in [9.17, 15) is 4.79 Å². The quantitative estimate of drug-likeness (QED) is 0.674. The molecular weight excluding hydrogens is 204 g/mol. The third-order valence-corrected chi connectivity index (χ3v) is 2.29. The molecule has 0 aliphatic carbocycles. The number of nitrogens with two attached hydrogens (primary N) is 1. The predicted molar refractivity (Wildman–Crippen MR) is 53.6 cm³/mol. The fourth-order valence-corrected chi connectivity index (χ4v) is 1.43. The summed E-state index contributed by atoms with van der Waals surface area (Å²) >= 11 is 5.89. The summed E-state index contributed by atoms with van der Waals surface area (Å²) in [6, 6.07) is 4.52. The number of amides is 1. The number of fused-ring (bicyclic) bond motifs is 1. The van der Waals surface area contributed by atoms with Crippen LogP contribution < -0.4 is 15.8 Å². The average Bonchev–Trinajstić information content (AvgIpc) is 2.30. The molecule has 2 rings (SSSR count). The second kappa shape index (κ2) is 3.48. The minimum atomic E-state index is -0.654. The molecule has 0 unspecified atom stereocenters. The molecule has 0 saturated carbocycles. The van der Waals surface area contributed by atoms with Crippen molar-refractivity contribution in [3.63, 3.8) is 0 Å². The first-order valence-electron chi connectivity index (χ1n) is 4.16. The lowest BCUT2D eigenvalue weighted by atomic mass is 10.3.